The number of para-hydroxylation sites is 2. The van der Waals surface area contributed by atoms with E-state index < -0.39 is 7.92 Å². The van der Waals surface area contributed by atoms with Gasteiger partial charge in [0.25, 0.3) is 0 Å². The molecule has 5 aromatic rings. The van der Waals surface area contributed by atoms with Gasteiger partial charge in [-0.25, -0.2) is 0 Å². The first kappa shape index (κ1) is 40.7. The van der Waals surface area contributed by atoms with Crippen LogP contribution in [0.2, 0.25) is 0 Å². The molecule has 1 aliphatic rings. The summed E-state index contributed by atoms with van der Waals surface area (Å²) in [5.41, 5.74) is 8.29. The van der Waals surface area contributed by atoms with Crippen molar-refractivity contribution in [1.29, 1.82) is 0 Å². The molecule has 0 fully saturated rings. The molecule has 0 saturated carbocycles. The van der Waals surface area contributed by atoms with Crippen molar-refractivity contribution in [3.8, 4) is 0 Å². The van der Waals surface area contributed by atoms with Gasteiger partial charge in [-0.3, -0.25) is 0 Å². The molecule has 271 valence electrons. The Kier molecular flexibility index (Phi) is 16.2. The molecule has 51 heavy (non-hydrogen) atoms. The van der Waals surface area contributed by atoms with E-state index in [0.717, 1.165) is 0 Å². The van der Waals surface area contributed by atoms with Crippen LogP contribution in [0.15, 0.2) is 140 Å². The van der Waals surface area contributed by atoms with Gasteiger partial charge in [0.05, 0.1) is 7.92 Å². The molecule has 0 amide bonds. The Morgan fingerprint density at radius 2 is 0.686 bits per heavy atom. The van der Waals surface area contributed by atoms with Gasteiger partial charge in [-0.2, -0.15) is 0 Å². The molecular formula is C45H53Cl2N2NiP+. The Hall–Kier alpha value is -3.06. The second-order valence-electron chi connectivity index (χ2n) is 13.9. The molecule has 0 bridgehead atoms. The summed E-state index contributed by atoms with van der Waals surface area (Å²) in [7, 11) is 8.53. The summed E-state index contributed by atoms with van der Waals surface area (Å²) in [5, 5.41) is 4.31. The minimum atomic E-state index is -0.877. The van der Waals surface area contributed by atoms with E-state index in [2.05, 4.69) is 212 Å². The smallest absolute Gasteiger partial charge is 0.0620 e. The van der Waals surface area contributed by atoms with Gasteiger partial charge in [0.2, 0.25) is 0 Å². The quantitative estimate of drug-likeness (QED) is 0.0835. The summed E-state index contributed by atoms with van der Waals surface area (Å²) in [6.45, 7) is 20.5. The third-order valence-electron chi connectivity index (χ3n) is 9.03. The monoisotopic (exact) mass is 780 g/mol. The molecule has 0 saturated heterocycles. The third kappa shape index (κ3) is 10.7. The summed E-state index contributed by atoms with van der Waals surface area (Å²) in [6, 6.07) is 46.0. The molecule has 6 rings (SSSR count). The zero-order valence-electron chi connectivity index (χ0n) is 31.1. The molecule has 1 aliphatic heterocycles. The molecule has 1 heterocycles. The molecule has 0 radical (unpaired) electrons. The average Bonchev–Trinajstić information content (AvgIpc) is 3.63. The van der Waals surface area contributed by atoms with E-state index in [-0.39, 0.29) is 0 Å². The molecule has 0 aromatic heterocycles. The van der Waals surface area contributed by atoms with Crippen LogP contribution in [0.4, 0.5) is 11.4 Å². The normalized spacial score (nSPS) is 12.5. The van der Waals surface area contributed by atoms with Crippen LogP contribution in [-0.2, 0) is 12.7 Å². The Labute approximate surface area is 324 Å². The first-order valence-electron chi connectivity index (χ1n) is 17.8. The van der Waals surface area contributed by atoms with Crippen LogP contribution in [-0.4, -0.2) is 0 Å². The summed E-state index contributed by atoms with van der Waals surface area (Å²) in [5.74, 6) is 1.92. The molecule has 0 spiro atoms. The molecule has 0 N–H and O–H groups in total. The minimum absolute atomic E-state index is 0.480. The predicted molar refractivity (Wildman–Crippen MR) is 226 cm³/mol. The third-order valence-corrected chi connectivity index (χ3v) is 11.8. The Bertz CT molecular complexity index is 1580. The summed E-state index contributed by atoms with van der Waals surface area (Å²) in [4.78, 5) is 4.65. The molecule has 2 nitrogen and oxygen atoms in total. The zero-order chi connectivity index (χ0) is 36.9. The van der Waals surface area contributed by atoms with Crippen LogP contribution < -0.4 is 25.7 Å². The van der Waals surface area contributed by atoms with Crippen molar-refractivity contribution < 1.29 is 12.7 Å². The SMILES string of the molecule is CC(C)c1cccc(C(C)C)c1N1C=CN(c2c(C(C)C)cccc2C(C)C)[CH-]1.[Cl][Ni+][Cl].c1ccc([PH+](c2ccccc2)c2ccccc2)cc1. The van der Waals surface area contributed by atoms with Crippen LogP contribution >= 0.6 is 28.3 Å². The first-order chi connectivity index (χ1) is 24.6. The number of hydrogen-bond donors (Lipinski definition) is 0. The van der Waals surface area contributed by atoms with Gasteiger partial charge in [-0.05, 0) is 94.7 Å². The van der Waals surface area contributed by atoms with Crippen molar-refractivity contribution in [3.63, 3.8) is 0 Å². The molecular weight excluding hydrogens is 729 g/mol. The zero-order valence-corrected chi connectivity index (χ0v) is 34.6. The fourth-order valence-electron chi connectivity index (χ4n) is 6.55. The van der Waals surface area contributed by atoms with Gasteiger partial charge in [0.15, 0.2) is 0 Å². The van der Waals surface area contributed by atoms with E-state index in [1.807, 2.05) is 0 Å². The van der Waals surface area contributed by atoms with Gasteiger partial charge in [0.1, 0.15) is 15.9 Å². The van der Waals surface area contributed by atoms with Crippen molar-refractivity contribution in [1.82, 2.24) is 0 Å². The van der Waals surface area contributed by atoms with E-state index in [1.165, 1.54) is 49.5 Å². The van der Waals surface area contributed by atoms with Crippen LogP contribution in [0.1, 0.15) is 101 Å². The van der Waals surface area contributed by atoms with E-state index in [4.69, 9.17) is 20.4 Å². The topological polar surface area (TPSA) is 6.48 Å². The van der Waals surface area contributed by atoms with Gasteiger partial charge in [-0.15, -0.1) is 6.67 Å². The fraction of sp³-hybridized carbons (Fsp3) is 0.267. The van der Waals surface area contributed by atoms with Gasteiger partial charge in [0, 0.05) is 11.4 Å². The maximum Gasteiger partial charge on any atom is 0.102 e. The van der Waals surface area contributed by atoms with Gasteiger partial charge >= 0.3 is 33.0 Å². The second-order valence-corrected chi connectivity index (χ2v) is 18.0. The van der Waals surface area contributed by atoms with E-state index in [0.29, 0.717) is 36.3 Å². The van der Waals surface area contributed by atoms with E-state index in [9.17, 15) is 0 Å². The van der Waals surface area contributed by atoms with E-state index in [1.54, 1.807) is 0 Å². The largest absolute Gasteiger partial charge is 0.102 e. The molecule has 5 aromatic carbocycles. The molecule has 6 heteroatoms. The fourth-order valence-corrected chi connectivity index (χ4v) is 9.13. The number of nitrogens with zero attached hydrogens (tertiary/aromatic N) is 2. The average molecular weight is 783 g/mol. The maximum absolute atomic E-state index is 4.70. The number of anilines is 2. The predicted octanol–water partition coefficient (Wildman–Crippen LogP) is 12.7. The summed E-state index contributed by atoms with van der Waals surface area (Å²) >= 11 is 0.569. The molecule has 0 aliphatic carbocycles. The second kappa shape index (κ2) is 20.3. The summed E-state index contributed by atoms with van der Waals surface area (Å²) in [6.07, 6.45) is 4.43. The number of halogens is 2. The van der Waals surface area contributed by atoms with Crippen molar-refractivity contribution in [2.45, 2.75) is 79.1 Å². The van der Waals surface area contributed by atoms with Crippen LogP contribution in [0.5, 0.6) is 0 Å². The van der Waals surface area contributed by atoms with Crippen molar-refractivity contribution in [2.24, 2.45) is 0 Å². The Balaban J connectivity index is 0.000000228. The maximum atomic E-state index is 4.70. The van der Waals surface area contributed by atoms with Crippen molar-refractivity contribution >= 4 is 55.6 Å². The number of hydrogen-bond acceptors (Lipinski definition) is 2. The van der Waals surface area contributed by atoms with Crippen LogP contribution in [0.25, 0.3) is 0 Å². The first-order valence-corrected chi connectivity index (χ1v) is 22.0. The van der Waals surface area contributed by atoms with Gasteiger partial charge < -0.3 is 9.80 Å². The minimum Gasteiger partial charge on any atom is -0.0620 e. The molecule has 0 atom stereocenters. The number of benzene rings is 5. The van der Waals surface area contributed by atoms with E-state index >= 15 is 0 Å². The summed E-state index contributed by atoms with van der Waals surface area (Å²) < 4.78 is 0. The Morgan fingerprint density at radius 3 is 0.922 bits per heavy atom. The van der Waals surface area contributed by atoms with Crippen LogP contribution in [0.3, 0.4) is 0 Å². The number of rotatable bonds is 9. The Morgan fingerprint density at radius 1 is 0.431 bits per heavy atom. The van der Waals surface area contributed by atoms with Crippen molar-refractivity contribution in [2.75, 3.05) is 9.80 Å². The van der Waals surface area contributed by atoms with Gasteiger partial charge in [-0.1, -0.05) is 146 Å². The molecule has 0 unspecified atom stereocenters. The standard InChI is InChI=1S/C27H37N2.C18H15P.2ClH.Ni/c1-18(2)22-11-9-12-23(19(3)4)26(22)28-15-16-29(17-28)27-24(20(5)6)13-10-14-25(27)21(7)8;1-4-10-16(11-5-1)19(17-12-6-2-7-13-17)18-14-8-3-9-15-18;;;/h9-21H,1-8H3;1-15H;2*1H;/q-1;;;;+3/p-1. The van der Waals surface area contributed by atoms with Crippen molar-refractivity contribution in [3.05, 3.63) is 169 Å². The van der Waals surface area contributed by atoms with Crippen LogP contribution in [0, 0.1) is 6.67 Å².